The summed E-state index contributed by atoms with van der Waals surface area (Å²) >= 11 is 0. The molecular formula is C10H21N3O2. The monoisotopic (exact) mass is 215 g/mol. The predicted octanol–water partition coefficient (Wildman–Crippen LogP) is -0.245. The highest BCUT2D eigenvalue weighted by atomic mass is 16.2. The third-order valence-corrected chi connectivity index (χ3v) is 1.58. The molecule has 5 nitrogen and oxygen atoms in total. The Balaban J connectivity index is 3.70. The van der Waals surface area contributed by atoms with E-state index in [1.54, 1.807) is 6.92 Å². The summed E-state index contributed by atoms with van der Waals surface area (Å²) < 4.78 is 0. The van der Waals surface area contributed by atoms with Gasteiger partial charge in [0.15, 0.2) is 0 Å². The first kappa shape index (κ1) is 13.9. The quantitative estimate of drug-likeness (QED) is 0.605. The van der Waals surface area contributed by atoms with E-state index >= 15 is 0 Å². The molecule has 4 N–H and O–H groups in total. The first-order chi connectivity index (χ1) is 6.72. The van der Waals surface area contributed by atoms with Gasteiger partial charge in [0.1, 0.15) is 0 Å². The highest BCUT2D eigenvalue weighted by Crippen LogP contribution is 1.98. The van der Waals surface area contributed by atoms with Crippen LogP contribution in [0.25, 0.3) is 0 Å². The maximum absolute atomic E-state index is 11.3. The molecule has 0 aliphatic carbocycles. The second-order valence-electron chi connectivity index (χ2n) is 4.63. The van der Waals surface area contributed by atoms with E-state index in [4.69, 9.17) is 5.73 Å². The molecule has 2 amide bonds. The molecule has 1 unspecified atom stereocenters. The molecule has 0 fully saturated rings. The summed E-state index contributed by atoms with van der Waals surface area (Å²) in [7, 11) is 0. The highest BCUT2D eigenvalue weighted by Gasteiger charge is 2.13. The third kappa shape index (κ3) is 7.93. The van der Waals surface area contributed by atoms with Gasteiger partial charge in [-0.25, -0.2) is 0 Å². The second kappa shape index (κ2) is 5.70. The number of nitrogens with one attached hydrogen (secondary N) is 2. The minimum absolute atomic E-state index is 0.0764. The first-order valence-corrected chi connectivity index (χ1v) is 5.06. The molecule has 15 heavy (non-hydrogen) atoms. The number of rotatable bonds is 4. The summed E-state index contributed by atoms with van der Waals surface area (Å²) in [6.45, 7) is 7.65. The number of nitrogens with two attached hydrogens (primary N) is 1. The largest absolute Gasteiger partial charge is 0.354 e. The number of carbonyl (C=O) groups excluding carboxylic acids is 2. The fourth-order valence-electron chi connectivity index (χ4n) is 0.941. The zero-order valence-corrected chi connectivity index (χ0v) is 9.89. The molecule has 0 aromatic rings. The van der Waals surface area contributed by atoms with Gasteiger partial charge in [0, 0.05) is 18.5 Å². The summed E-state index contributed by atoms with van der Waals surface area (Å²) in [5.74, 6) is -0.314. The number of amides is 2. The van der Waals surface area contributed by atoms with Crippen LogP contribution in [0.3, 0.4) is 0 Å². The van der Waals surface area contributed by atoms with Gasteiger partial charge in [0.25, 0.3) is 0 Å². The zero-order valence-electron chi connectivity index (χ0n) is 9.89. The average Bonchev–Trinajstić information content (AvgIpc) is 2.00. The van der Waals surface area contributed by atoms with Crippen molar-refractivity contribution in [2.75, 3.05) is 6.54 Å². The van der Waals surface area contributed by atoms with Crippen molar-refractivity contribution < 1.29 is 9.59 Å². The van der Waals surface area contributed by atoms with Gasteiger partial charge < -0.3 is 16.4 Å². The smallest absolute Gasteiger partial charge is 0.236 e. The van der Waals surface area contributed by atoms with Gasteiger partial charge >= 0.3 is 0 Å². The van der Waals surface area contributed by atoms with Crippen LogP contribution in [0.1, 0.15) is 34.1 Å². The molecule has 0 aromatic heterocycles. The molecule has 5 heteroatoms. The Hall–Kier alpha value is -1.10. The molecule has 0 saturated carbocycles. The molecule has 0 spiro atoms. The molecule has 88 valence electrons. The lowest BCUT2D eigenvalue weighted by Crippen LogP contribution is -2.43. The fraction of sp³-hybridized carbons (Fsp3) is 0.800. The lowest BCUT2D eigenvalue weighted by Gasteiger charge is -2.20. The lowest BCUT2D eigenvalue weighted by atomic mass is 10.1. The van der Waals surface area contributed by atoms with Crippen LogP contribution in [0.4, 0.5) is 0 Å². The van der Waals surface area contributed by atoms with Gasteiger partial charge in [-0.3, -0.25) is 9.59 Å². The van der Waals surface area contributed by atoms with Crippen LogP contribution in [0.5, 0.6) is 0 Å². The van der Waals surface area contributed by atoms with Crippen molar-refractivity contribution >= 4 is 11.8 Å². The highest BCUT2D eigenvalue weighted by molar-refractivity contribution is 5.82. The van der Waals surface area contributed by atoms with Gasteiger partial charge in [-0.2, -0.15) is 0 Å². The molecular weight excluding hydrogens is 194 g/mol. The van der Waals surface area contributed by atoms with E-state index in [-0.39, 0.29) is 23.8 Å². The van der Waals surface area contributed by atoms with Gasteiger partial charge in [0.05, 0.1) is 6.04 Å². The maximum atomic E-state index is 11.3. The second-order valence-corrected chi connectivity index (χ2v) is 4.63. The standard InChI is InChI=1S/C10H21N3O2/c1-7(11)9(15)12-6-5-8(14)13-10(2,3)4/h7H,5-6,11H2,1-4H3,(H,12,15)(H,13,14). The topological polar surface area (TPSA) is 84.2 Å². The predicted molar refractivity (Wildman–Crippen MR) is 59.2 cm³/mol. The normalized spacial score (nSPS) is 13.1. The van der Waals surface area contributed by atoms with E-state index in [9.17, 15) is 9.59 Å². The summed E-state index contributed by atoms with van der Waals surface area (Å²) in [5, 5.41) is 5.37. The third-order valence-electron chi connectivity index (χ3n) is 1.58. The van der Waals surface area contributed by atoms with E-state index in [1.165, 1.54) is 0 Å². The zero-order chi connectivity index (χ0) is 12.1. The Morgan fingerprint density at radius 1 is 1.33 bits per heavy atom. The molecule has 0 bridgehead atoms. The molecule has 1 atom stereocenters. The van der Waals surface area contributed by atoms with Crippen LogP contribution < -0.4 is 16.4 Å². The Labute approximate surface area is 90.8 Å². The van der Waals surface area contributed by atoms with E-state index in [1.807, 2.05) is 20.8 Å². The van der Waals surface area contributed by atoms with Gasteiger partial charge in [-0.15, -0.1) is 0 Å². The van der Waals surface area contributed by atoms with Crippen LogP contribution in [0.15, 0.2) is 0 Å². The van der Waals surface area contributed by atoms with Crippen molar-refractivity contribution in [2.24, 2.45) is 5.73 Å². The van der Waals surface area contributed by atoms with Crippen molar-refractivity contribution in [3.63, 3.8) is 0 Å². The van der Waals surface area contributed by atoms with Crippen molar-refractivity contribution in [1.29, 1.82) is 0 Å². The molecule has 0 aliphatic heterocycles. The van der Waals surface area contributed by atoms with Gasteiger partial charge in [-0.05, 0) is 27.7 Å². The summed E-state index contributed by atoms with van der Waals surface area (Å²) in [4.78, 5) is 22.4. The minimum atomic E-state index is -0.532. The van der Waals surface area contributed by atoms with E-state index in [0.29, 0.717) is 6.54 Å². The summed E-state index contributed by atoms with van der Waals surface area (Å²) in [6, 6.07) is -0.532. The molecule has 0 rings (SSSR count). The Morgan fingerprint density at radius 3 is 2.27 bits per heavy atom. The Morgan fingerprint density at radius 2 is 1.87 bits per heavy atom. The maximum Gasteiger partial charge on any atom is 0.236 e. The Kier molecular flexibility index (Phi) is 5.28. The van der Waals surface area contributed by atoms with Crippen molar-refractivity contribution in [3.05, 3.63) is 0 Å². The number of hydrogen-bond acceptors (Lipinski definition) is 3. The number of hydrogen-bond donors (Lipinski definition) is 3. The average molecular weight is 215 g/mol. The van der Waals surface area contributed by atoms with Gasteiger partial charge in [-0.1, -0.05) is 0 Å². The van der Waals surface area contributed by atoms with Crippen LogP contribution in [-0.2, 0) is 9.59 Å². The van der Waals surface area contributed by atoms with Crippen LogP contribution in [0.2, 0.25) is 0 Å². The molecule has 0 heterocycles. The van der Waals surface area contributed by atoms with Gasteiger partial charge in [0.2, 0.25) is 11.8 Å². The van der Waals surface area contributed by atoms with Crippen molar-refractivity contribution in [3.8, 4) is 0 Å². The molecule has 0 radical (unpaired) electrons. The van der Waals surface area contributed by atoms with Crippen LogP contribution in [0, 0.1) is 0 Å². The SMILES string of the molecule is CC(N)C(=O)NCCC(=O)NC(C)(C)C. The molecule has 0 saturated heterocycles. The minimum Gasteiger partial charge on any atom is -0.354 e. The Bertz CT molecular complexity index is 231. The van der Waals surface area contributed by atoms with E-state index < -0.39 is 6.04 Å². The summed E-state index contributed by atoms with van der Waals surface area (Å²) in [5.41, 5.74) is 5.11. The van der Waals surface area contributed by atoms with E-state index in [0.717, 1.165) is 0 Å². The fourth-order valence-corrected chi connectivity index (χ4v) is 0.941. The molecule has 0 aromatic carbocycles. The first-order valence-electron chi connectivity index (χ1n) is 5.06. The lowest BCUT2D eigenvalue weighted by molar-refractivity contribution is -0.123. The summed E-state index contributed by atoms with van der Waals surface area (Å²) in [6.07, 6.45) is 0.274. The van der Waals surface area contributed by atoms with Crippen molar-refractivity contribution in [1.82, 2.24) is 10.6 Å². The van der Waals surface area contributed by atoms with Crippen LogP contribution in [-0.4, -0.2) is 29.9 Å². The van der Waals surface area contributed by atoms with Crippen molar-refractivity contribution in [2.45, 2.75) is 45.7 Å². The van der Waals surface area contributed by atoms with E-state index in [2.05, 4.69) is 10.6 Å². The molecule has 0 aliphatic rings. The number of carbonyl (C=O) groups is 2. The van der Waals surface area contributed by atoms with Crippen LogP contribution >= 0.6 is 0 Å².